The Morgan fingerprint density at radius 1 is 1.10 bits per heavy atom. The molecular formula is C13H23NO6S. The van der Waals surface area contributed by atoms with E-state index in [-0.39, 0.29) is 19.1 Å². The minimum Gasteiger partial charge on any atom is -0.468 e. The van der Waals surface area contributed by atoms with E-state index in [1.54, 1.807) is 4.90 Å². The first-order chi connectivity index (χ1) is 9.77. The molecule has 21 heavy (non-hydrogen) atoms. The number of hydrogen-bond donors (Lipinski definition) is 0. The zero-order valence-electron chi connectivity index (χ0n) is 12.7. The van der Waals surface area contributed by atoms with Gasteiger partial charge in [-0.25, -0.2) is 8.42 Å². The number of nitrogens with zero attached hydrogens (tertiary/aromatic N) is 1. The Morgan fingerprint density at radius 2 is 1.62 bits per heavy atom. The smallest absolute Gasteiger partial charge is 0.319 e. The van der Waals surface area contributed by atoms with Gasteiger partial charge in [0.05, 0.1) is 32.6 Å². The molecule has 2 atom stereocenters. The van der Waals surface area contributed by atoms with E-state index in [0.717, 1.165) is 12.8 Å². The molecule has 0 aromatic carbocycles. The number of carbonyl (C=O) groups is 2. The lowest BCUT2D eigenvalue weighted by Crippen LogP contribution is -2.46. The van der Waals surface area contributed by atoms with Crippen LogP contribution in [-0.2, 0) is 28.9 Å². The molecule has 7 nitrogen and oxygen atoms in total. The van der Waals surface area contributed by atoms with Crippen LogP contribution >= 0.6 is 0 Å². The van der Waals surface area contributed by atoms with Crippen molar-refractivity contribution in [2.45, 2.75) is 37.0 Å². The second kappa shape index (κ2) is 7.74. The summed E-state index contributed by atoms with van der Waals surface area (Å²) in [6.07, 6.45) is 3.78. The van der Waals surface area contributed by atoms with Crippen LogP contribution in [-0.4, -0.2) is 70.1 Å². The predicted octanol–water partition coefficient (Wildman–Crippen LogP) is -0.00980. The third kappa shape index (κ3) is 5.62. The lowest BCUT2D eigenvalue weighted by molar-refractivity contribution is -0.147. The van der Waals surface area contributed by atoms with E-state index < -0.39 is 27.0 Å². The molecule has 0 bridgehead atoms. The van der Waals surface area contributed by atoms with E-state index in [4.69, 9.17) is 0 Å². The van der Waals surface area contributed by atoms with Crippen molar-refractivity contribution in [2.75, 3.05) is 33.6 Å². The molecule has 0 N–H and O–H groups in total. The van der Waals surface area contributed by atoms with Crippen LogP contribution in [0.15, 0.2) is 0 Å². The van der Waals surface area contributed by atoms with Gasteiger partial charge >= 0.3 is 11.9 Å². The van der Waals surface area contributed by atoms with Gasteiger partial charge in [-0.1, -0.05) is 6.42 Å². The standard InChI is InChI=1S/C13H23NO6S/c1-19-12(15)8-14(9-13(16)20-2)10-5-4-6-11(7-10)21(3,17)18/h10-11H,4-9H2,1-3H3. The van der Waals surface area contributed by atoms with Crippen LogP contribution in [0, 0.1) is 0 Å². The summed E-state index contributed by atoms with van der Waals surface area (Å²) in [4.78, 5) is 24.6. The Bertz CT molecular complexity index is 457. The van der Waals surface area contributed by atoms with Gasteiger partial charge < -0.3 is 9.47 Å². The van der Waals surface area contributed by atoms with Gasteiger partial charge in [0.1, 0.15) is 9.84 Å². The summed E-state index contributed by atoms with van der Waals surface area (Å²) in [5.74, 6) is -0.916. The summed E-state index contributed by atoms with van der Waals surface area (Å²) in [5, 5.41) is -0.422. The maximum absolute atomic E-state index is 11.7. The number of rotatable bonds is 6. The van der Waals surface area contributed by atoms with Crippen molar-refractivity contribution >= 4 is 21.8 Å². The van der Waals surface area contributed by atoms with Gasteiger partial charge in [0.2, 0.25) is 0 Å². The van der Waals surface area contributed by atoms with E-state index >= 15 is 0 Å². The van der Waals surface area contributed by atoms with Crippen molar-refractivity contribution in [3.8, 4) is 0 Å². The summed E-state index contributed by atoms with van der Waals surface area (Å²) < 4.78 is 32.7. The van der Waals surface area contributed by atoms with Crippen molar-refractivity contribution in [2.24, 2.45) is 0 Å². The third-order valence-electron chi connectivity index (χ3n) is 3.84. The molecule has 2 unspecified atom stereocenters. The molecule has 0 aromatic rings. The van der Waals surface area contributed by atoms with Crippen molar-refractivity contribution in [3.63, 3.8) is 0 Å². The van der Waals surface area contributed by atoms with Gasteiger partial charge in [0.25, 0.3) is 0 Å². The van der Waals surface area contributed by atoms with Crippen LogP contribution < -0.4 is 0 Å². The Balaban J connectivity index is 2.80. The van der Waals surface area contributed by atoms with Gasteiger partial charge in [-0.2, -0.15) is 0 Å². The van der Waals surface area contributed by atoms with Crippen molar-refractivity contribution in [1.29, 1.82) is 0 Å². The summed E-state index contributed by atoms with van der Waals surface area (Å²) >= 11 is 0. The Morgan fingerprint density at radius 3 is 2.05 bits per heavy atom. The zero-order chi connectivity index (χ0) is 16.0. The van der Waals surface area contributed by atoms with Crippen LogP contribution in [0.1, 0.15) is 25.7 Å². The molecule has 1 fully saturated rings. The first-order valence-electron chi connectivity index (χ1n) is 6.84. The van der Waals surface area contributed by atoms with Crippen LogP contribution in [0.25, 0.3) is 0 Å². The molecule has 1 aliphatic carbocycles. The van der Waals surface area contributed by atoms with E-state index in [9.17, 15) is 18.0 Å². The Labute approximate surface area is 125 Å². The molecule has 0 saturated heterocycles. The maximum Gasteiger partial charge on any atom is 0.319 e. The molecule has 0 radical (unpaired) electrons. The fraction of sp³-hybridized carbons (Fsp3) is 0.846. The van der Waals surface area contributed by atoms with Gasteiger partial charge in [0, 0.05) is 12.3 Å². The average Bonchev–Trinajstić information content (AvgIpc) is 2.45. The molecule has 1 aliphatic rings. The normalized spacial score (nSPS) is 22.9. The van der Waals surface area contributed by atoms with Gasteiger partial charge in [-0.05, 0) is 19.3 Å². The third-order valence-corrected chi connectivity index (χ3v) is 5.48. The average molecular weight is 321 g/mol. The number of esters is 2. The van der Waals surface area contributed by atoms with Gasteiger partial charge in [-0.3, -0.25) is 14.5 Å². The second-order valence-corrected chi connectivity index (χ2v) is 7.65. The SMILES string of the molecule is COC(=O)CN(CC(=O)OC)C1CCCC(S(C)(=O)=O)C1. The fourth-order valence-electron chi connectivity index (χ4n) is 2.62. The minimum atomic E-state index is -3.12. The molecule has 0 aromatic heterocycles. The fourth-order valence-corrected chi connectivity index (χ4v) is 3.78. The highest BCUT2D eigenvalue weighted by atomic mass is 32.2. The van der Waals surface area contributed by atoms with Crippen LogP contribution in [0.3, 0.4) is 0 Å². The Hall–Kier alpha value is -1.15. The van der Waals surface area contributed by atoms with Gasteiger partial charge in [0.15, 0.2) is 0 Å². The molecule has 1 saturated carbocycles. The molecule has 0 spiro atoms. The highest BCUT2D eigenvalue weighted by Gasteiger charge is 2.33. The number of hydrogen-bond acceptors (Lipinski definition) is 7. The number of sulfone groups is 1. The summed E-state index contributed by atoms with van der Waals surface area (Å²) in [6.45, 7) is -0.0977. The molecule has 0 aliphatic heterocycles. The summed E-state index contributed by atoms with van der Waals surface area (Å²) in [6, 6.07) is -0.142. The largest absolute Gasteiger partial charge is 0.468 e. The minimum absolute atomic E-state index is 0.0489. The molecular weight excluding hydrogens is 298 g/mol. The van der Waals surface area contributed by atoms with Crippen LogP contribution in [0.2, 0.25) is 0 Å². The lowest BCUT2D eigenvalue weighted by Gasteiger charge is -2.35. The first kappa shape index (κ1) is 17.9. The van der Waals surface area contributed by atoms with E-state index in [2.05, 4.69) is 9.47 Å². The summed E-state index contributed by atoms with van der Waals surface area (Å²) in [5.41, 5.74) is 0. The topological polar surface area (TPSA) is 90.0 Å². The highest BCUT2D eigenvalue weighted by Crippen LogP contribution is 2.27. The predicted molar refractivity (Wildman–Crippen MR) is 76.5 cm³/mol. The molecule has 122 valence electrons. The molecule has 1 rings (SSSR count). The van der Waals surface area contributed by atoms with Gasteiger partial charge in [-0.15, -0.1) is 0 Å². The monoisotopic (exact) mass is 321 g/mol. The van der Waals surface area contributed by atoms with Crippen LogP contribution in [0.4, 0.5) is 0 Å². The Kier molecular flexibility index (Phi) is 6.60. The molecule has 8 heteroatoms. The van der Waals surface area contributed by atoms with E-state index in [1.807, 2.05) is 0 Å². The molecule has 0 heterocycles. The number of methoxy groups -OCH3 is 2. The maximum atomic E-state index is 11.7. The van der Waals surface area contributed by atoms with E-state index in [0.29, 0.717) is 12.8 Å². The quantitative estimate of drug-likeness (QED) is 0.636. The number of ether oxygens (including phenoxy) is 2. The zero-order valence-corrected chi connectivity index (χ0v) is 13.5. The van der Waals surface area contributed by atoms with Crippen molar-refractivity contribution in [1.82, 2.24) is 4.90 Å². The first-order valence-corrected chi connectivity index (χ1v) is 8.80. The van der Waals surface area contributed by atoms with Crippen molar-refractivity contribution in [3.05, 3.63) is 0 Å². The highest BCUT2D eigenvalue weighted by molar-refractivity contribution is 7.91. The summed E-state index contributed by atoms with van der Waals surface area (Å²) in [7, 11) is -0.566. The van der Waals surface area contributed by atoms with Crippen LogP contribution in [0.5, 0.6) is 0 Å². The van der Waals surface area contributed by atoms with E-state index in [1.165, 1.54) is 20.5 Å². The second-order valence-electron chi connectivity index (χ2n) is 5.33. The lowest BCUT2D eigenvalue weighted by atomic mass is 9.93. The molecule has 0 amide bonds. The van der Waals surface area contributed by atoms with Crippen molar-refractivity contribution < 1.29 is 27.5 Å². The number of carbonyl (C=O) groups excluding carboxylic acids is 2.